The zero-order chi connectivity index (χ0) is 94.4. The van der Waals surface area contributed by atoms with Crippen molar-refractivity contribution in [3.8, 4) is 28.3 Å². The highest BCUT2D eigenvalue weighted by Gasteiger charge is 2.61. The normalized spacial score (nSPS) is 38.3. The quantitative estimate of drug-likeness (QED) is 0.0218. The number of nitrogens with zero attached hydrogens (tertiary/aromatic N) is 3. The summed E-state index contributed by atoms with van der Waals surface area (Å²) in [7, 11) is 0. The fraction of sp³-hybridized carbons (Fsp3) is 0.747. The van der Waals surface area contributed by atoms with Gasteiger partial charge < -0.3 is 189 Å². The molecule has 0 radical (unpaired) electrons. The van der Waals surface area contributed by atoms with Gasteiger partial charge in [0.15, 0.2) is 44.0 Å². The number of aromatic nitrogens is 1. The standard InChI is InChI=1S/C83H126N8O40/c1-82(2,3)130-81(114)86-40(22-12-15-25-84-49(99)23-13-16-26-91-88-80(87-90-91)83(4,5)24-14-17-27-115-50-29-39(37-18-8-6-9-19-37)28-41(85-50)38-20-10-7-11-21-38)72(113)89-131-71-63(112)79-122-48(36-98)70(71)129-78-62(111)56(105)68(46(34-96)121-78)127-76-60(109)54(103)66(44(32-94)119-76)125-74-58(107)52(101)64(42(30-92)117-74)123-73-57(106)51(100)65(43(31-93)116-73)124-75-59(108)53(102)67(45(33-95)118-75)126-77-61(110)55(104)69(128-79)47(35-97)120-77/h6-11,18-21,28-29,40,42-48,51-71,73-79,90,92-98,100-112H,12-17,22-27,30-36H2,1-5H3,(H,84,99)(H,86,114)(H,87,88)(H,89,113)/t40?,42-,43-,44-,45-,46-,47-,48-,51-,52+,53-,54+,55-,56+,57-,58+,59-,60+,61-,62+,63-,64-,65-,66-,67-,68-,69-,70-,71-,73-,74-,75-,76-,77-,78-,79-/m1/s1. The molecule has 22 aliphatic heterocycles. The third-order valence-corrected chi connectivity index (χ3v) is 23.9. The second kappa shape index (κ2) is 47.0. The number of hydroxylamine groups is 1. The highest BCUT2D eigenvalue weighted by Crippen LogP contribution is 2.41. The summed E-state index contributed by atoms with van der Waals surface area (Å²) < 4.78 is 93.9. The first-order valence-corrected chi connectivity index (χ1v) is 43.7. The van der Waals surface area contributed by atoms with Crippen molar-refractivity contribution in [2.75, 3.05) is 65.9 Å². The summed E-state index contributed by atoms with van der Waals surface area (Å²) in [5, 5.41) is 239. The van der Waals surface area contributed by atoms with Gasteiger partial charge in [-0.05, 0) is 89.3 Å². The summed E-state index contributed by atoms with van der Waals surface area (Å²) in [4.78, 5) is 52.1. The number of ether oxygens (including phenoxy) is 16. The molecule has 21 saturated heterocycles. The van der Waals surface area contributed by atoms with E-state index >= 15 is 0 Å². The molecule has 3 amide bonds. The number of unbranched alkanes of at least 4 members (excludes halogenated alkanes) is 3. The Morgan fingerprint density at radius 2 is 0.832 bits per heavy atom. The molecule has 1 aromatic heterocycles. The van der Waals surface area contributed by atoms with E-state index in [2.05, 4.69) is 52.1 Å². The Balaban J connectivity index is 0.699. The van der Waals surface area contributed by atoms with E-state index in [0.29, 0.717) is 31.9 Å². The second-order valence-corrected chi connectivity index (χ2v) is 35.0. The number of nitrogens with one attached hydrogen (secondary N) is 5. The molecule has 0 saturated carbocycles. The van der Waals surface area contributed by atoms with Crippen molar-refractivity contribution in [2.45, 2.75) is 319 Å². The number of amidine groups is 1. The summed E-state index contributed by atoms with van der Waals surface area (Å²) in [5.74, 6) is -0.156. The second-order valence-electron chi connectivity index (χ2n) is 35.0. The van der Waals surface area contributed by atoms with Crippen molar-refractivity contribution in [1.29, 1.82) is 0 Å². The highest BCUT2D eigenvalue weighted by atomic mass is 16.8. The summed E-state index contributed by atoms with van der Waals surface area (Å²) in [5.41, 5.74) is 10.9. The van der Waals surface area contributed by atoms with E-state index in [1.807, 2.05) is 66.7 Å². The molecule has 48 nitrogen and oxygen atoms in total. The number of carbonyl (C=O) groups excluding carboxylic acids is 3. The van der Waals surface area contributed by atoms with Gasteiger partial charge in [0, 0.05) is 36.6 Å². The van der Waals surface area contributed by atoms with E-state index in [1.54, 1.807) is 25.9 Å². The number of hydrogen-bond donors (Lipinski definition) is 25. The number of hydrogen-bond acceptors (Lipinski definition) is 45. The molecule has 36 atom stereocenters. The van der Waals surface area contributed by atoms with Crippen LogP contribution < -0.4 is 31.8 Å². The van der Waals surface area contributed by atoms with Gasteiger partial charge in [-0.3, -0.25) is 19.9 Å². The topological polar surface area (TPSA) is 701 Å². The third kappa shape index (κ3) is 25.3. The van der Waals surface area contributed by atoms with Crippen LogP contribution in [0.25, 0.3) is 22.4 Å². The van der Waals surface area contributed by atoms with Crippen LogP contribution in [0, 0.1) is 5.41 Å². The number of hydrazone groups is 1. The smallest absolute Gasteiger partial charge is 0.408 e. The summed E-state index contributed by atoms with van der Waals surface area (Å²) >= 11 is 0. The minimum atomic E-state index is -2.41. The van der Waals surface area contributed by atoms with Gasteiger partial charge in [0.25, 0.3) is 5.91 Å². The number of carbonyl (C=O) groups is 3. The molecule has 23 heterocycles. The maximum atomic E-state index is 14.6. The Labute approximate surface area is 751 Å². The van der Waals surface area contributed by atoms with Crippen LogP contribution in [0.15, 0.2) is 77.9 Å². The number of hydrazine groups is 2. The van der Waals surface area contributed by atoms with E-state index in [0.717, 1.165) is 47.5 Å². The third-order valence-electron chi connectivity index (χ3n) is 23.9. The maximum Gasteiger partial charge on any atom is 0.408 e. The van der Waals surface area contributed by atoms with Crippen LogP contribution in [-0.2, 0) is 85.5 Å². The van der Waals surface area contributed by atoms with Crippen LogP contribution in [0.2, 0.25) is 0 Å². The maximum absolute atomic E-state index is 14.6. The molecule has 738 valence electrons. The van der Waals surface area contributed by atoms with Gasteiger partial charge in [0.2, 0.25) is 11.8 Å². The average molecular weight is 1880 g/mol. The van der Waals surface area contributed by atoms with Gasteiger partial charge in [-0.15, -0.1) is 10.2 Å². The van der Waals surface area contributed by atoms with Crippen molar-refractivity contribution in [2.24, 2.45) is 10.5 Å². The highest BCUT2D eigenvalue weighted by molar-refractivity contribution is 5.87. The van der Waals surface area contributed by atoms with Gasteiger partial charge in [0.05, 0.1) is 58.5 Å². The first kappa shape index (κ1) is 103. The number of benzene rings is 2. The summed E-state index contributed by atoms with van der Waals surface area (Å²) in [6.07, 6.45) is -71.4. The number of aliphatic hydroxyl groups is 20. The van der Waals surface area contributed by atoms with Gasteiger partial charge in [-0.25, -0.2) is 20.8 Å². The molecule has 25 N–H and O–H groups in total. The summed E-state index contributed by atoms with van der Waals surface area (Å²) in [6.45, 7) is 1.96. The Morgan fingerprint density at radius 3 is 1.24 bits per heavy atom. The number of aliphatic hydroxyl groups excluding tert-OH is 20. The molecule has 48 heteroatoms. The zero-order valence-electron chi connectivity index (χ0n) is 72.6. The molecule has 21 fully saturated rings. The Morgan fingerprint density at radius 1 is 0.443 bits per heavy atom. The Hall–Kier alpha value is -6.57. The number of alkyl carbamates (subject to hydrolysis) is 1. The van der Waals surface area contributed by atoms with Crippen LogP contribution in [0.5, 0.6) is 5.88 Å². The average Bonchev–Trinajstić information content (AvgIpc) is 1.55. The number of pyridine rings is 1. The van der Waals surface area contributed by atoms with Gasteiger partial charge in [0.1, 0.15) is 188 Å². The van der Waals surface area contributed by atoms with Crippen molar-refractivity contribution in [1.82, 2.24) is 37.2 Å². The van der Waals surface area contributed by atoms with Crippen LogP contribution in [0.3, 0.4) is 0 Å². The van der Waals surface area contributed by atoms with E-state index in [-0.39, 0.29) is 43.6 Å². The number of rotatable bonds is 30. The SMILES string of the molecule is CC(C)(C)OC(=O)NC(CCCCNC(=O)CCCCN1NN=C(C(C)(C)CCCCOc2cc(-c3ccccc3)cc(-c3ccccc3)n2)N1)C(=O)NO[C@@H]1[C@@H](O)[C@H]2O[C@H]3[C@H](O)[C@@H](O)[C@@H](O[C@H]4[C@H](O)[C@@H](O)[C@@H](O[C@H]5[C@H](O)[C@@H](O)[C@@H](O[C@H]6[C@@H](O)[C@H](O)[C@@H](O[C@H]7[C@@H](O)[C@H](O)[C@@H](O[C@H]8[C@@H](O)[C@H](O)[C@@H](O[C@@H]1[C@@H](CO)O2)O[C@@H]8CO)O[C@@H]7CO)O[C@@H]6CO)O[C@@H]5CO)O[C@@H]4CO)O[C@@H]3CO. The predicted molar refractivity (Wildman–Crippen MR) is 438 cm³/mol. The lowest BCUT2D eigenvalue weighted by molar-refractivity contribution is -0.399. The first-order chi connectivity index (χ1) is 62.6. The first-order valence-electron chi connectivity index (χ1n) is 43.7. The fourth-order valence-electron chi connectivity index (χ4n) is 16.6. The predicted octanol–water partition coefficient (Wildman–Crippen LogP) is -8.18. The largest absolute Gasteiger partial charge is 0.478 e. The van der Waals surface area contributed by atoms with Crippen LogP contribution >= 0.6 is 0 Å². The van der Waals surface area contributed by atoms with Crippen molar-refractivity contribution >= 4 is 23.7 Å². The van der Waals surface area contributed by atoms with Crippen molar-refractivity contribution in [3.63, 3.8) is 0 Å². The van der Waals surface area contributed by atoms with E-state index in [1.165, 1.54) is 0 Å². The van der Waals surface area contributed by atoms with Crippen LogP contribution in [-0.4, -0.2) is 429 Å². The molecule has 131 heavy (non-hydrogen) atoms. The minimum absolute atomic E-state index is 0.111. The fourth-order valence-corrected chi connectivity index (χ4v) is 16.6. The molecule has 3 aromatic rings. The van der Waals surface area contributed by atoms with Gasteiger partial charge in [-0.2, -0.15) is 0 Å². The number of amides is 3. The molecule has 25 rings (SSSR count). The Bertz CT molecular complexity index is 4000. The van der Waals surface area contributed by atoms with E-state index in [9.17, 15) is 117 Å². The molecule has 14 bridgehead atoms. The van der Waals surface area contributed by atoms with Crippen LogP contribution in [0.1, 0.15) is 92.4 Å². The monoisotopic (exact) mass is 1870 g/mol. The van der Waals surface area contributed by atoms with Gasteiger partial charge in [-0.1, -0.05) is 74.5 Å². The molecular formula is C83H126N8O40. The van der Waals surface area contributed by atoms with Crippen molar-refractivity contribution in [3.05, 3.63) is 72.8 Å². The lowest BCUT2D eigenvalue weighted by atomic mass is 9.86. The summed E-state index contributed by atoms with van der Waals surface area (Å²) in [6, 6.07) is 22.4. The van der Waals surface area contributed by atoms with Crippen molar-refractivity contribution < 1.29 is 197 Å². The minimum Gasteiger partial charge on any atom is -0.478 e. The zero-order valence-corrected chi connectivity index (χ0v) is 72.6. The molecular weight excluding hydrogens is 1750 g/mol. The lowest BCUT2D eigenvalue weighted by Gasteiger charge is -2.50. The molecule has 0 spiro atoms. The van der Waals surface area contributed by atoms with Gasteiger partial charge >= 0.3 is 6.09 Å². The van der Waals surface area contributed by atoms with Crippen LogP contribution in [0.4, 0.5) is 4.79 Å². The van der Waals surface area contributed by atoms with E-state index in [4.69, 9.17) is 85.6 Å². The Kier molecular flexibility index (Phi) is 37.1. The molecule has 0 aliphatic carbocycles. The molecule has 2 aromatic carbocycles. The van der Waals surface area contributed by atoms with E-state index < -0.39 is 285 Å². The molecule has 22 aliphatic rings. The lowest BCUT2D eigenvalue weighted by Crippen LogP contribution is -2.69. The molecule has 1 unspecified atom stereocenters.